The van der Waals surface area contributed by atoms with E-state index < -0.39 is 24.9 Å². The van der Waals surface area contributed by atoms with Gasteiger partial charge in [0, 0.05) is 0 Å². The van der Waals surface area contributed by atoms with Crippen molar-refractivity contribution in [1.29, 1.82) is 0 Å². The Labute approximate surface area is 122 Å². The van der Waals surface area contributed by atoms with Crippen molar-refractivity contribution in [3.8, 4) is 5.75 Å². The number of benzene rings is 1. The first-order valence-corrected chi connectivity index (χ1v) is 6.56. The summed E-state index contributed by atoms with van der Waals surface area (Å²) in [4.78, 5) is 11.3. The third kappa shape index (κ3) is 2.94. The third-order valence-corrected chi connectivity index (χ3v) is 3.94. The van der Waals surface area contributed by atoms with Crippen LogP contribution in [0.5, 0.6) is 5.75 Å². The molecule has 1 heterocycles. The van der Waals surface area contributed by atoms with Crippen molar-refractivity contribution in [2.45, 2.75) is 45.5 Å². The molecule has 0 saturated carbocycles. The number of rotatable bonds is 4. The second kappa shape index (κ2) is 5.38. The highest BCUT2D eigenvalue weighted by molar-refractivity contribution is 6.63. The lowest BCUT2D eigenvalue weighted by Crippen LogP contribution is -2.41. The standard InChI is InChI=1S/C14H17BF2O4/c1-13(2)14(3,4)21-15(20-13)10-6-5-7-11(9(10)8-18)19-12(16)17/h5-8,12H,1-4H3. The highest BCUT2D eigenvalue weighted by Gasteiger charge is 2.52. The SMILES string of the molecule is CC1(C)OB(c2cccc(OC(F)F)c2C=O)OC1(C)C. The number of ether oxygens (including phenoxy) is 1. The molecule has 1 aliphatic rings. The molecule has 0 spiro atoms. The molecule has 114 valence electrons. The monoisotopic (exact) mass is 298 g/mol. The average molecular weight is 298 g/mol. The molecule has 0 amide bonds. The molecule has 0 atom stereocenters. The van der Waals surface area contributed by atoms with Crippen LogP contribution >= 0.6 is 0 Å². The molecule has 1 aliphatic heterocycles. The first-order chi connectivity index (χ1) is 9.68. The van der Waals surface area contributed by atoms with E-state index in [2.05, 4.69) is 4.74 Å². The van der Waals surface area contributed by atoms with Crippen LogP contribution in [0, 0.1) is 0 Å². The topological polar surface area (TPSA) is 44.8 Å². The Morgan fingerprint density at radius 2 is 1.76 bits per heavy atom. The maximum absolute atomic E-state index is 12.4. The van der Waals surface area contributed by atoms with Gasteiger partial charge in [-0.05, 0) is 39.2 Å². The van der Waals surface area contributed by atoms with E-state index in [9.17, 15) is 13.6 Å². The van der Waals surface area contributed by atoms with Gasteiger partial charge in [-0.2, -0.15) is 8.78 Å². The zero-order valence-electron chi connectivity index (χ0n) is 12.4. The third-order valence-electron chi connectivity index (χ3n) is 3.94. The summed E-state index contributed by atoms with van der Waals surface area (Å²) in [7, 11) is -0.809. The molecule has 7 heteroatoms. The lowest BCUT2D eigenvalue weighted by molar-refractivity contribution is -0.0500. The molecular weight excluding hydrogens is 281 g/mol. The lowest BCUT2D eigenvalue weighted by Gasteiger charge is -2.32. The van der Waals surface area contributed by atoms with Gasteiger partial charge in [0.2, 0.25) is 0 Å². The zero-order chi connectivity index (χ0) is 15.8. The van der Waals surface area contributed by atoms with Crippen molar-refractivity contribution in [1.82, 2.24) is 0 Å². The van der Waals surface area contributed by atoms with Crippen molar-refractivity contribution in [3.63, 3.8) is 0 Å². The van der Waals surface area contributed by atoms with Crippen LogP contribution in [0.2, 0.25) is 0 Å². The van der Waals surface area contributed by atoms with Crippen LogP contribution in [0.1, 0.15) is 38.1 Å². The van der Waals surface area contributed by atoms with Gasteiger partial charge in [0.05, 0.1) is 16.8 Å². The molecule has 0 radical (unpaired) electrons. The van der Waals surface area contributed by atoms with Gasteiger partial charge >= 0.3 is 13.7 Å². The van der Waals surface area contributed by atoms with Crippen LogP contribution in [0.4, 0.5) is 8.78 Å². The quantitative estimate of drug-likeness (QED) is 0.632. The second-order valence-electron chi connectivity index (χ2n) is 5.84. The van der Waals surface area contributed by atoms with Crippen LogP contribution in [-0.4, -0.2) is 31.2 Å². The molecule has 0 aliphatic carbocycles. The van der Waals surface area contributed by atoms with E-state index in [-0.39, 0.29) is 11.3 Å². The molecule has 4 nitrogen and oxygen atoms in total. The van der Waals surface area contributed by atoms with Crippen molar-refractivity contribution < 1.29 is 27.6 Å². The summed E-state index contributed by atoms with van der Waals surface area (Å²) in [6.45, 7) is 4.47. The van der Waals surface area contributed by atoms with Crippen LogP contribution in [-0.2, 0) is 9.31 Å². The molecule has 0 aromatic heterocycles. The summed E-state index contributed by atoms with van der Waals surface area (Å²) < 4.78 is 40.8. The number of carbonyl (C=O) groups excluding carboxylic acids is 1. The lowest BCUT2D eigenvalue weighted by atomic mass is 9.76. The van der Waals surface area contributed by atoms with Gasteiger partial charge < -0.3 is 14.0 Å². The molecule has 0 unspecified atom stereocenters. The summed E-state index contributed by atoms with van der Waals surface area (Å²) in [5, 5.41) is 0. The molecule has 1 aromatic rings. The van der Waals surface area contributed by atoms with E-state index in [0.717, 1.165) is 0 Å². The molecule has 1 fully saturated rings. The van der Waals surface area contributed by atoms with Gasteiger partial charge in [-0.25, -0.2) is 0 Å². The number of alkyl halides is 2. The van der Waals surface area contributed by atoms with E-state index in [4.69, 9.17) is 9.31 Å². The predicted molar refractivity (Wildman–Crippen MR) is 74.2 cm³/mol. The van der Waals surface area contributed by atoms with E-state index >= 15 is 0 Å². The largest absolute Gasteiger partial charge is 0.495 e. The van der Waals surface area contributed by atoms with Crippen molar-refractivity contribution in [2.75, 3.05) is 0 Å². The second-order valence-corrected chi connectivity index (χ2v) is 5.84. The predicted octanol–water partition coefficient (Wildman–Crippen LogP) is 2.40. The first-order valence-electron chi connectivity index (χ1n) is 6.56. The Morgan fingerprint density at radius 1 is 1.19 bits per heavy atom. The van der Waals surface area contributed by atoms with Crippen molar-refractivity contribution >= 4 is 18.9 Å². The normalized spacial score (nSPS) is 19.9. The van der Waals surface area contributed by atoms with Gasteiger partial charge in [0.15, 0.2) is 6.29 Å². The van der Waals surface area contributed by atoms with Gasteiger partial charge in [-0.1, -0.05) is 12.1 Å². The van der Waals surface area contributed by atoms with Gasteiger partial charge in [0.25, 0.3) is 0 Å². The van der Waals surface area contributed by atoms with Gasteiger partial charge in [-0.3, -0.25) is 4.79 Å². The molecule has 1 aromatic carbocycles. The fourth-order valence-corrected chi connectivity index (χ4v) is 2.06. The minimum Gasteiger partial charge on any atom is -0.434 e. The Kier molecular flexibility index (Phi) is 4.08. The minimum absolute atomic E-state index is 0.0105. The average Bonchev–Trinajstić information content (AvgIpc) is 2.57. The Hall–Kier alpha value is -1.47. The highest BCUT2D eigenvalue weighted by atomic mass is 19.3. The van der Waals surface area contributed by atoms with Crippen LogP contribution in [0.3, 0.4) is 0 Å². The van der Waals surface area contributed by atoms with Gasteiger partial charge in [0.1, 0.15) is 5.75 Å². The number of hydrogen-bond donors (Lipinski definition) is 0. The fraction of sp³-hybridized carbons (Fsp3) is 0.500. The van der Waals surface area contributed by atoms with Crippen molar-refractivity contribution in [3.05, 3.63) is 23.8 Å². The maximum atomic E-state index is 12.4. The smallest absolute Gasteiger partial charge is 0.434 e. The molecule has 0 bridgehead atoms. The summed E-state index contributed by atoms with van der Waals surface area (Å²) in [6, 6.07) is 4.43. The molecule has 2 rings (SSSR count). The number of aldehydes is 1. The highest BCUT2D eigenvalue weighted by Crippen LogP contribution is 2.37. The first kappa shape index (κ1) is 15.9. The minimum atomic E-state index is -3.00. The molecular formula is C14H17BF2O4. The summed E-state index contributed by atoms with van der Waals surface area (Å²) >= 11 is 0. The van der Waals surface area contributed by atoms with Crippen molar-refractivity contribution in [2.24, 2.45) is 0 Å². The van der Waals surface area contributed by atoms with E-state index in [1.54, 1.807) is 6.07 Å². The molecule has 21 heavy (non-hydrogen) atoms. The Bertz CT molecular complexity index is 530. The van der Waals surface area contributed by atoms with E-state index in [1.165, 1.54) is 12.1 Å². The van der Waals surface area contributed by atoms with Crippen LogP contribution in [0.25, 0.3) is 0 Å². The molecule has 0 N–H and O–H groups in total. The Balaban J connectivity index is 2.39. The van der Waals surface area contributed by atoms with E-state index in [0.29, 0.717) is 11.7 Å². The van der Waals surface area contributed by atoms with Crippen LogP contribution in [0.15, 0.2) is 18.2 Å². The zero-order valence-corrected chi connectivity index (χ0v) is 12.4. The van der Waals surface area contributed by atoms with E-state index in [1.807, 2.05) is 27.7 Å². The fourth-order valence-electron chi connectivity index (χ4n) is 2.06. The maximum Gasteiger partial charge on any atom is 0.495 e. The Morgan fingerprint density at radius 3 is 2.24 bits per heavy atom. The number of hydrogen-bond acceptors (Lipinski definition) is 4. The number of carbonyl (C=O) groups is 1. The summed E-state index contributed by atoms with van der Waals surface area (Å²) in [5.41, 5.74) is -0.785. The summed E-state index contributed by atoms with van der Waals surface area (Å²) in [6.07, 6.45) is 0.470. The van der Waals surface area contributed by atoms with Gasteiger partial charge in [-0.15, -0.1) is 0 Å². The summed E-state index contributed by atoms with van der Waals surface area (Å²) in [5.74, 6) is -0.188. The molecule has 1 saturated heterocycles. The number of halogens is 2. The van der Waals surface area contributed by atoms with Crippen LogP contribution < -0.4 is 10.2 Å².